The molecule has 6 heteroatoms. The summed E-state index contributed by atoms with van der Waals surface area (Å²) in [5, 5.41) is 11.5. The summed E-state index contributed by atoms with van der Waals surface area (Å²) in [5.41, 5.74) is 8.41. The lowest BCUT2D eigenvalue weighted by atomic mass is 10.1. The van der Waals surface area contributed by atoms with Crippen LogP contribution >= 0.6 is 12.2 Å². The van der Waals surface area contributed by atoms with Gasteiger partial charge in [-0.1, -0.05) is 12.2 Å². The van der Waals surface area contributed by atoms with Gasteiger partial charge in [0.05, 0.1) is 11.3 Å². The standard InChI is InChI=1S/C13H22N4OS/c1-9-10(2)16-17-13(11(9)12(14)19)15-7-5-4-6-8-18-3/h4-8H2,1-3H3,(H2,14,19)(H,15,17). The first-order valence-corrected chi connectivity index (χ1v) is 6.85. The van der Waals surface area contributed by atoms with Crippen LogP contribution in [0, 0.1) is 13.8 Å². The van der Waals surface area contributed by atoms with Crippen LogP contribution in [0.2, 0.25) is 0 Å². The van der Waals surface area contributed by atoms with E-state index in [2.05, 4.69) is 15.5 Å². The number of anilines is 1. The van der Waals surface area contributed by atoms with E-state index in [4.69, 9.17) is 22.7 Å². The molecule has 0 aliphatic rings. The highest BCUT2D eigenvalue weighted by Gasteiger charge is 2.12. The number of nitrogens with one attached hydrogen (secondary N) is 1. The predicted octanol–water partition coefficient (Wildman–Crippen LogP) is 1.96. The molecule has 1 aromatic heterocycles. The van der Waals surface area contributed by atoms with E-state index >= 15 is 0 Å². The number of ether oxygens (including phenoxy) is 1. The van der Waals surface area contributed by atoms with Crippen LogP contribution in [0.15, 0.2) is 0 Å². The molecule has 106 valence electrons. The van der Waals surface area contributed by atoms with Crippen molar-refractivity contribution < 1.29 is 4.74 Å². The van der Waals surface area contributed by atoms with Gasteiger partial charge in [0.2, 0.25) is 0 Å². The Morgan fingerprint density at radius 2 is 2.00 bits per heavy atom. The van der Waals surface area contributed by atoms with Gasteiger partial charge < -0.3 is 15.8 Å². The van der Waals surface area contributed by atoms with Crippen molar-refractivity contribution in [3.05, 3.63) is 16.8 Å². The molecule has 0 saturated heterocycles. The summed E-state index contributed by atoms with van der Waals surface area (Å²) in [5.74, 6) is 0.683. The number of methoxy groups -OCH3 is 1. The fourth-order valence-corrected chi connectivity index (χ4v) is 2.04. The third-order valence-corrected chi connectivity index (χ3v) is 3.22. The van der Waals surface area contributed by atoms with Gasteiger partial charge in [-0.25, -0.2) is 0 Å². The average Bonchev–Trinajstić information content (AvgIpc) is 2.37. The van der Waals surface area contributed by atoms with Gasteiger partial charge >= 0.3 is 0 Å². The van der Waals surface area contributed by atoms with Crippen molar-refractivity contribution in [2.75, 3.05) is 25.6 Å². The van der Waals surface area contributed by atoms with E-state index in [1.165, 1.54) is 0 Å². The Labute approximate surface area is 119 Å². The predicted molar refractivity (Wildman–Crippen MR) is 81.6 cm³/mol. The zero-order valence-electron chi connectivity index (χ0n) is 11.8. The molecule has 0 atom stereocenters. The topological polar surface area (TPSA) is 73.1 Å². The van der Waals surface area contributed by atoms with Gasteiger partial charge in [0.15, 0.2) is 5.82 Å². The quantitative estimate of drug-likeness (QED) is 0.561. The Bertz CT molecular complexity index is 437. The fourth-order valence-electron chi connectivity index (χ4n) is 1.79. The van der Waals surface area contributed by atoms with Crippen LogP contribution in [0.5, 0.6) is 0 Å². The number of aromatic nitrogens is 2. The van der Waals surface area contributed by atoms with Crippen molar-refractivity contribution in [2.45, 2.75) is 33.1 Å². The van der Waals surface area contributed by atoms with E-state index in [1.807, 2.05) is 13.8 Å². The lowest BCUT2D eigenvalue weighted by Crippen LogP contribution is -2.18. The minimum absolute atomic E-state index is 0.359. The minimum atomic E-state index is 0.359. The summed E-state index contributed by atoms with van der Waals surface area (Å²) < 4.78 is 5.01. The van der Waals surface area contributed by atoms with Crippen LogP contribution < -0.4 is 11.1 Å². The van der Waals surface area contributed by atoms with Crippen LogP contribution in [0.1, 0.15) is 36.1 Å². The average molecular weight is 282 g/mol. The number of nitrogens with zero attached hydrogens (tertiary/aromatic N) is 2. The van der Waals surface area contributed by atoms with Gasteiger partial charge in [0, 0.05) is 20.3 Å². The number of hydrogen-bond donors (Lipinski definition) is 2. The van der Waals surface area contributed by atoms with Gasteiger partial charge in [-0.15, -0.1) is 5.10 Å². The highest BCUT2D eigenvalue weighted by Crippen LogP contribution is 2.18. The summed E-state index contributed by atoms with van der Waals surface area (Å²) in [4.78, 5) is 0.359. The summed E-state index contributed by atoms with van der Waals surface area (Å²) in [6, 6.07) is 0. The second-order valence-electron chi connectivity index (χ2n) is 4.48. The number of rotatable bonds is 8. The van der Waals surface area contributed by atoms with Crippen LogP contribution in [0.4, 0.5) is 5.82 Å². The molecule has 0 unspecified atom stereocenters. The Hall–Kier alpha value is -1.27. The summed E-state index contributed by atoms with van der Waals surface area (Å²) in [6.07, 6.45) is 3.23. The molecule has 0 radical (unpaired) electrons. The third-order valence-electron chi connectivity index (χ3n) is 3.02. The van der Waals surface area contributed by atoms with Crippen LogP contribution in [-0.2, 0) is 4.74 Å². The zero-order valence-corrected chi connectivity index (χ0v) is 12.6. The molecule has 0 bridgehead atoms. The van der Waals surface area contributed by atoms with Crippen molar-refractivity contribution >= 4 is 23.0 Å². The second kappa shape index (κ2) is 8.01. The molecule has 0 amide bonds. The molecule has 1 rings (SSSR count). The summed E-state index contributed by atoms with van der Waals surface area (Å²) in [7, 11) is 1.72. The van der Waals surface area contributed by atoms with E-state index in [-0.39, 0.29) is 0 Å². The van der Waals surface area contributed by atoms with E-state index in [9.17, 15) is 0 Å². The Balaban J connectivity index is 2.58. The van der Waals surface area contributed by atoms with Crippen LogP contribution in [0.25, 0.3) is 0 Å². The normalized spacial score (nSPS) is 10.5. The summed E-state index contributed by atoms with van der Waals surface area (Å²) in [6.45, 7) is 5.50. The van der Waals surface area contributed by atoms with Crippen molar-refractivity contribution in [3.63, 3.8) is 0 Å². The first kappa shape index (κ1) is 15.8. The molecule has 0 fully saturated rings. The van der Waals surface area contributed by atoms with Crippen molar-refractivity contribution in [1.29, 1.82) is 0 Å². The number of unbranched alkanes of at least 4 members (excludes halogenated alkanes) is 2. The second-order valence-corrected chi connectivity index (χ2v) is 4.92. The minimum Gasteiger partial charge on any atom is -0.389 e. The van der Waals surface area contributed by atoms with Gasteiger partial charge in [-0.2, -0.15) is 5.10 Å². The van der Waals surface area contributed by atoms with Crippen molar-refractivity contribution in [2.24, 2.45) is 5.73 Å². The first-order chi connectivity index (χ1) is 9.07. The van der Waals surface area contributed by atoms with E-state index in [0.717, 1.165) is 49.2 Å². The molecule has 5 nitrogen and oxygen atoms in total. The largest absolute Gasteiger partial charge is 0.389 e. The van der Waals surface area contributed by atoms with Gasteiger partial charge in [-0.05, 0) is 38.7 Å². The van der Waals surface area contributed by atoms with Crippen molar-refractivity contribution in [3.8, 4) is 0 Å². The Morgan fingerprint density at radius 3 is 2.63 bits per heavy atom. The maximum Gasteiger partial charge on any atom is 0.159 e. The molecular formula is C13H22N4OS. The Morgan fingerprint density at radius 1 is 1.26 bits per heavy atom. The third kappa shape index (κ3) is 4.72. The van der Waals surface area contributed by atoms with E-state index < -0.39 is 0 Å². The molecule has 19 heavy (non-hydrogen) atoms. The highest BCUT2D eigenvalue weighted by atomic mass is 32.1. The summed E-state index contributed by atoms with van der Waals surface area (Å²) >= 11 is 5.09. The first-order valence-electron chi connectivity index (χ1n) is 6.44. The molecular weight excluding hydrogens is 260 g/mol. The number of thiocarbonyl (C=S) groups is 1. The zero-order chi connectivity index (χ0) is 14.3. The SMILES string of the molecule is COCCCCCNc1nnc(C)c(C)c1C(N)=S. The lowest BCUT2D eigenvalue weighted by molar-refractivity contribution is 0.192. The molecule has 0 spiro atoms. The van der Waals surface area contributed by atoms with Gasteiger partial charge in [-0.3, -0.25) is 0 Å². The maximum atomic E-state index is 5.76. The molecule has 1 heterocycles. The molecule has 0 aromatic carbocycles. The maximum absolute atomic E-state index is 5.76. The fraction of sp³-hybridized carbons (Fsp3) is 0.615. The Kier molecular flexibility index (Phi) is 6.66. The molecule has 0 aliphatic carbocycles. The van der Waals surface area contributed by atoms with Gasteiger partial charge in [0.25, 0.3) is 0 Å². The number of nitrogens with two attached hydrogens (primary N) is 1. The number of aryl methyl sites for hydroxylation is 1. The lowest BCUT2D eigenvalue weighted by Gasteiger charge is -2.13. The molecule has 1 aromatic rings. The molecule has 0 aliphatic heterocycles. The van der Waals surface area contributed by atoms with Crippen molar-refractivity contribution in [1.82, 2.24) is 10.2 Å². The highest BCUT2D eigenvalue weighted by molar-refractivity contribution is 7.80. The van der Waals surface area contributed by atoms with E-state index in [0.29, 0.717) is 10.8 Å². The van der Waals surface area contributed by atoms with Crippen LogP contribution in [0.3, 0.4) is 0 Å². The van der Waals surface area contributed by atoms with Crippen LogP contribution in [-0.4, -0.2) is 35.4 Å². The molecule has 3 N–H and O–H groups in total. The molecule has 0 saturated carbocycles. The number of hydrogen-bond acceptors (Lipinski definition) is 5. The van der Waals surface area contributed by atoms with E-state index in [1.54, 1.807) is 7.11 Å². The monoisotopic (exact) mass is 282 g/mol. The van der Waals surface area contributed by atoms with Gasteiger partial charge in [0.1, 0.15) is 4.99 Å². The smallest absolute Gasteiger partial charge is 0.159 e.